The summed E-state index contributed by atoms with van der Waals surface area (Å²) in [5, 5.41) is 9.37. The van der Waals surface area contributed by atoms with Crippen LogP contribution in [0.25, 0.3) is 0 Å². The first-order chi connectivity index (χ1) is 13.2. The van der Waals surface area contributed by atoms with E-state index in [0.717, 1.165) is 63.1 Å². The van der Waals surface area contributed by atoms with Gasteiger partial charge in [-0.05, 0) is 69.7 Å². The SMILES string of the molecule is CN1CCN(CCOc2nnc(C34CC5CC(CC3C5)C4)n2C2CC2)CC1. The van der Waals surface area contributed by atoms with E-state index in [4.69, 9.17) is 9.84 Å². The number of hydrogen-bond acceptors (Lipinski definition) is 5. The van der Waals surface area contributed by atoms with Gasteiger partial charge in [0.05, 0.1) is 0 Å². The number of rotatable bonds is 6. The molecule has 1 aromatic heterocycles. The Morgan fingerprint density at radius 3 is 2.44 bits per heavy atom. The fraction of sp³-hybridized carbons (Fsp3) is 0.905. The van der Waals surface area contributed by atoms with E-state index in [-0.39, 0.29) is 0 Å². The highest BCUT2D eigenvalue weighted by atomic mass is 16.5. The molecule has 4 bridgehead atoms. The topological polar surface area (TPSA) is 46.4 Å². The molecule has 5 saturated carbocycles. The molecule has 2 atom stereocenters. The average Bonchev–Trinajstić information content (AvgIpc) is 3.29. The number of hydrogen-bond donors (Lipinski definition) is 0. The van der Waals surface area contributed by atoms with Crippen molar-refractivity contribution in [2.45, 2.75) is 56.4 Å². The molecule has 0 aromatic carbocycles. The van der Waals surface area contributed by atoms with E-state index in [9.17, 15) is 0 Å². The second-order valence-electron chi connectivity index (χ2n) is 10.1. The van der Waals surface area contributed by atoms with Crippen LogP contribution in [0.1, 0.15) is 56.8 Å². The van der Waals surface area contributed by atoms with Gasteiger partial charge in [-0.3, -0.25) is 9.47 Å². The van der Waals surface area contributed by atoms with Crippen LogP contribution in [0, 0.1) is 17.8 Å². The quantitative estimate of drug-likeness (QED) is 0.768. The molecule has 1 aromatic rings. The van der Waals surface area contributed by atoms with Crippen LogP contribution in [-0.2, 0) is 5.41 Å². The minimum absolute atomic E-state index is 0.336. The maximum atomic E-state index is 6.23. The summed E-state index contributed by atoms with van der Waals surface area (Å²) in [4.78, 5) is 4.91. The van der Waals surface area contributed by atoms with E-state index < -0.39 is 0 Å². The summed E-state index contributed by atoms with van der Waals surface area (Å²) >= 11 is 0. The molecule has 1 saturated heterocycles. The van der Waals surface area contributed by atoms with E-state index in [0.29, 0.717) is 11.5 Å². The zero-order valence-electron chi connectivity index (χ0n) is 16.6. The summed E-state index contributed by atoms with van der Waals surface area (Å²) in [7, 11) is 2.20. The molecular formula is C21H33N5O. The summed E-state index contributed by atoms with van der Waals surface area (Å²) in [6, 6.07) is 1.41. The molecule has 0 amide bonds. The van der Waals surface area contributed by atoms with Crippen molar-refractivity contribution >= 4 is 0 Å². The standard InChI is InChI=1S/C21H33N5O/c1-24-4-6-25(7-5-24)8-9-27-20-23-22-19(26(20)18-2-3-18)21-13-15-10-16(14-21)12-17(21)11-15/h15-18H,2-14H2,1H3. The van der Waals surface area contributed by atoms with E-state index in [1.54, 1.807) is 0 Å². The maximum Gasteiger partial charge on any atom is 0.317 e. The highest BCUT2D eigenvalue weighted by molar-refractivity contribution is 5.26. The number of nitrogens with zero attached hydrogens (tertiary/aromatic N) is 5. The molecule has 6 aliphatic rings. The minimum atomic E-state index is 0.336. The predicted octanol–water partition coefficient (Wildman–Crippen LogP) is 2.32. The normalized spacial score (nSPS) is 38.8. The van der Waals surface area contributed by atoms with Crippen LogP contribution in [-0.4, -0.2) is 70.9 Å². The molecule has 6 heteroatoms. The van der Waals surface area contributed by atoms with Gasteiger partial charge in [-0.25, -0.2) is 0 Å². The number of likely N-dealkylation sites (N-methyl/N-ethyl adjacent to an activating group) is 1. The molecule has 6 nitrogen and oxygen atoms in total. The molecule has 0 radical (unpaired) electrons. The summed E-state index contributed by atoms with van der Waals surface area (Å²) in [5.74, 6) is 4.07. The van der Waals surface area contributed by atoms with Gasteiger partial charge in [-0.1, -0.05) is 5.10 Å². The Hall–Kier alpha value is -1.14. The molecule has 7 rings (SSSR count). The minimum Gasteiger partial charge on any atom is -0.462 e. The molecule has 1 aliphatic heterocycles. The van der Waals surface area contributed by atoms with Crippen molar-refractivity contribution in [2.24, 2.45) is 17.8 Å². The number of piperazine rings is 1. The summed E-state index contributed by atoms with van der Waals surface area (Å²) < 4.78 is 8.66. The second-order valence-corrected chi connectivity index (χ2v) is 10.1. The van der Waals surface area contributed by atoms with Gasteiger partial charge < -0.3 is 9.64 Å². The van der Waals surface area contributed by atoms with Crippen molar-refractivity contribution in [1.82, 2.24) is 24.6 Å². The zero-order valence-corrected chi connectivity index (χ0v) is 16.6. The van der Waals surface area contributed by atoms with Crippen molar-refractivity contribution < 1.29 is 4.74 Å². The molecule has 2 heterocycles. The first-order valence-electron chi connectivity index (χ1n) is 11.2. The van der Waals surface area contributed by atoms with E-state index >= 15 is 0 Å². The van der Waals surface area contributed by atoms with Gasteiger partial charge in [0.1, 0.15) is 12.4 Å². The lowest BCUT2D eigenvalue weighted by molar-refractivity contribution is 0.129. The molecule has 0 spiro atoms. The van der Waals surface area contributed by atoms with Gasteiger partial charge in [0.15, 0.2) is 0 Å². The molecule has 0 N–H and O–H groups in total. The van der Waals surface area contributed by atoms with E-state index in [2.05, 4.69) is 26.5 Å². The molecule has 2 unspecified atom stereocenters. The summed E-state index contributed by atoms with van der Waals surface area (Å²) in [6.45, 7) is 6.35. The van der Waals surface area contributed by atoms with Crippen molar-refractivity contribution in [2.75, 3.05) is 46.4 Å². The van der Waals surface area contributed by atoms with Gasteiger partial charge in [-0.15, -0.1) is 5.10 Å². The molecule has 5 aliphatic carbocycles. The summed E-state index contributed by atoms with van der Waals surface area (Å²) in [6.07, 6.45) is 9.62. The van der Waals surface area contributed by atoms with Crippen LogP contribution in [0.15, 0.2) is 0 Å². The molecular weight excluding hydrogens is 338 g/mol. The largest absolute Gasteiger partial charge is 0.462 e. The average molecular weight is 372 g/mol. The first-order valence-corrected chi connectivity index (χ1v) is 11.2. The van der Waals surface area contributed by atoms with Crippen LogP contribution in [0.5, 0.6) is 6.01 Å². The van der Waals surface area contributed by atoms with Crippen LogP contribution in [0.3, 0.4) is 0 Å². The van der Waals surface area contributed by atoms with Gasteiger partial charge >= 0.3 is 6.01 Å². The van der Waals surface area contributed by atoms with E-state index in [1.165, 1.54) is 50.8 Å². The van der Waals surface area contributed by atoms with Crippen molar-refractivity contribution in [3.63, 3.8) is 0 Å². The lowest BCUT2D eigenvalue weighted by atomic mass is 9.75. The van der Waals surface area contributed by atoms with Crippen molar-refractivity contribution in [3.8, 4) is 6.01 Å². The zero-order chi connectivity index (χ0) is 18.0. The van der Waals surface area contributed by atoms with Gasteiger partial charge in [0.2, 0.25) is 0 Å². The third kappa shape index (κ3) is 2.74. The van der Waals surface area contributed by atoms with Gasteiger partial charge in [0.25, 0.3) is 0 Å². The Kier molecular flexibility index (Phi) is 3.84. The Bertz CT molecular complexity index is 691. The van der Waals surface area contributed by atoms with Gasteiger partial charge in [0, 0.05) is 44.2 Å². The fourth-order valence-electron chi connectivity index (χ4n) is 6.88. The third-order valence-electron chi connectivity index (χ3n) is 8.25. The lowest BCUT2D eigenvalue weighted by Gasteiger charge is -2.32. The van der Waals surface area contributed by atoms with Gasteiger partial charge in [-0.2, -0.15) is 0 Å². The molecule has 148 valence electrons. The third-order valence-corrected chi connectivity index (χ3v) is 8.25. The Morgan fingerprint density at radius 2 is 1.74 bits per heavy atom. The Labute approximate surface area is 162 Å². The van der Waals surface area contributed by atoms with Crippen LogP contribution >= 0.6 is 0 Å². The highest BCUT2D eigenvalue weighted by Crippen LogP contribution is 2.66. The molecule has 6 fully saturated rings. The first kappa shape index (κ1) is 16.8. The van der Waals surface area contributed by atoms with Crippen LogP contribution < -0.4 is 4.74 Å². The predicted molar refractivity (Wildman–Crippen MR) is 103 cm³/mol. The summed E-state index contributed by atoms with van der Waals surface area (Å²) in [5.41, 5.74) is 0.336. The van der Waals surface area contributed by atoms with Crippen molar-refractivity contribution in [1.29, 1.82) is 0 Å². The lowest BCUT2D eigenvalue weighted by Crippen LogP contribution is -2.45. The maximum absolute atomic E-state index is 6.23. The van der Waals surface area contributed by atoms with Crippen LogP contribution in [0.4, 0.5) is 0 Å². The Morgan fingerprint density at radius 1 is 1.00 bits per heavy atom. The van der Waals surface area contributed by atoms with Crippen molar-refractivity contribution in [3.05, 3.63) is 5.82 Å². The molecule has 27 heavy (non-hydrogen) atoms. The number of ether oxygens (including phenoxy) is 1. The smallest absolute Gasteiger partial charge is 0.317 e. The number of aromatic nitrogens is 3. The second kappa shape index (κ2) is 6.18. The van der Waals surface area contributed by atoms with Crippen LogP contribution in [0.2, 0.25) is 0 Å². The highest BCUT2D eigenvalue weighted by Gasteiger charge is 2.61. The fourth-order valence-corrected chi connectivity index (χ4v) is 6.88. The van der Waals surface area contributed by atoms with E-state index in [1.807, 2.05) is 0 Å². The Balaban J connectivity index is 1.18. The monoisotopic (exact) mass is 371 g/mol.